The Labute approximate surface area is 70.8 Å². The maximum atomic E-state index is 9.33. The highest BCUT2D eigenvalue weighted by Gasteiger charge is 2.03. The van der Waals surface area contributed by atoms with E-state index in [1.165, 1.54) is 0 Å². The summed E-state index contributed by atoms with van der Waals surface area (Å²) < 4.78 is 0. The molecule has 0 atom stereocenters. The number of aromatic hydroxyl groups is 1. The summed E-state index contributed by atoms with van der Waals surface area (Å²) in [6.45, 7) is 1.92. The lowest BCUT2D eigenvalue weighted by Gasteiger charge is -2.05. The third-order valence-corrected chi connectivity index (χ3v) is 1.77. The molecular formula is C8H10ClNO. The minimum Gasteiger partial charge on any atom is -0.504 e. The van der Waals surface area contributed by atoms with E-state index in [4.69, 9.17) is 11.6 Å². The van der Waals surface area contributed by atoms with Crippen molar-refractivity contribution in [2.24, 2.45) is 0 Å². The number of rotatable bonds is 1. The molecule has 0 radical (unpaired) electrons. The predicted molar refractivity (Wildman–Crippen MR) is 47.4 cm³/mol. The largest absolute Gasteiger partial charge is 0.504 e. The zero-order valence-corrected chi connectivity index (χ0v) is 7.24. The SMILES string of the molecule is CNc1cc(C)cc(Cl)c1O. The smallest absolute Gasteiger partial charge is 0.157 e. The number of nitrogens with one attached hydrogen (secondary N) is 1. The fourth-order valence-corrected chi connectivity index (χ4v) is 1.20. The molecule has 0 aliphatic carbocycles. The predicted octanol–water partition coefficient (Wildman–Crippen LogP) is 2.40. The summed E-state index contributed by atoms with van der Waals surface area (Å²) in [6, 6.07) is 3.55. The van der Waals surface area contributed by atoms with Crippen LogP contribution in [0.1, 0.15) is 5.56 Å². The summed E-state index contributed by atoms with van der Waals surface area (Å²) >= 11 is 5.71. The number of hydrogen-bond acceptors (Lipinski definition) is 2. The van der Waals surface area contributed by atoms with E-state index in [1.807, 2.05) is 13.0 Å². The van der Waals surface area contributed by atoms with Crippen molar-refractivity contribution in [3.05, 3.63) is 22.7 Å². The Hall–Kier alpha value is -0.890. The van der Waals surface area contributed by atoms with Gasteiger partial charge in [-0.25, -0.2) is 0 Å². The van der Waals surface area contributed by atoms with E-state index in [9.17, 15) is 5.11 Å². The Morgan fingerprint density at radius 1 is 1.45 bits per heavy atom. The standard InChI is InChI=1S/C8H10ClNO/c1-5-3-6(9)8(11)7(4-5)10-2/h3-4,10-11H,1-2H3. The lowest BCUT2D eigenvalue weighted by Crippen LogP contribution is -1.89. The van der Waals surface area contributed by atoms with Crippen LogP contribution in [0.25, 0.3) is 0 Å². The van der Waals surface area contributed by atoms with Crippen LogP contribution in [0.4, 0.5) is 5.69 Å². The van der Waals surface area contributed by atoms with Crippen molar-refractivity contribution in [3.8, 4) is 5.75 Å². The zero-order valence-electron chi connectivity index (χ0n) is 6.48. The van der Waals surface area contributed by atoms with E-state index in [0.29, 0.717) is 10.7 Å². The van der Waals surface area contributed by atoms with Crippen molar-refractivity contribution in [1.29, 1.82) is 0 Å². The molecule has 0 aliphatic heterocycles. The van der Waals surface area contributed by atoms with Crippen molar-refractivity contribution in [2.75, 3.05) is 12.4 Å². The topological polar surface area (TPSA) is 32.3 Å². The molecule has 0 saturated carbocycles. The zero-order chi connectivity index (χ0) is 8.43. The lowest BCUT2D eigenvalue weighted by atomic mass is 10.2. The molecule has 0 fully saturated rings. The van der Waals surface area contributed by atoms with Crippen LogP contribution in [0.5, 0.6) is 5.75 Å². The molecule has 0 unspecified atom stereocenters. The molecule has 3 heteroatoms. The quantitative estimate of drug-likeness (QED) is 0.636. The van der Waals surface area contributed by atoms with Gasteiger partial charge in [0.15, 0.2) is 5.75 Å². The molecule has 1 rings (SSSR count). The van der Waals surface area contributed by atoms with Gasteiger partial charge in [-0.05, 0) is 24.6 Å². The molecule has 0 heterocycles. The molecular weight excluding hydrogens is 162 g/mol. The summed E-state index contributed by atoms with van der Waals surface area (Å²) in [5.41, 5.74) is 1.69. The Morgan fingerprint density at radius 2 is 2.09 bits per heavy atom. The number of hydrogen-bond donors (Lipinski definition) is 2. The summed E-state index contributed by atoms with van der Waals surface area (Å²) in [6.07, 6.45) is 0. The van der Waals surface area contributed by atoms with Crippen LogP contribution < -0.4 is 5.32 Å². The molecule has 0 spiro atoms. The summed E-state index contributed by atoms with van der Waals surface area (Å²) in [4.78, 5) is 0. The van der Waals surface area contributed by atoms with Crippen LogP contribution in [0.15, 0.2) is 12.1 Å². The highest BCUT2D eigenvalue weighted by atomic mass is 35.5. The second-order valence-corrected chi connectivity index (χ2v) is 2.80. The number of aryl methyl sites for hydroxylation is 1. The van der Waals surface area contributed by atoms with Crippen molar-refractivity contribution >= 4 is 17.3 Å². The van der Waals surface area contributed by atoms with Gasteiger partial charge in [0, 0.05) is 7.05 Å². The minimum atomic E-state index is 0.111. The third kappa shape index (κ3) is 1.57. The Kier molecular flexibility index (Phi) is 2.25. The average Bonchev–Trinajstić information content (AvgIpc) is 1.96. The molecule has 60 valence electrons. The molecule has 0 aromatic heterocycles. The first-order chi connectivity index (χ1) is 5.15. The summed E-state index contributed by atoms with van der Waals surface area (Å²) in [5, 5.41) is 12.6. The van der Waals surface area contributed by atoms with Crippen molar-refractivity contribution < 1.29 is 5.11 Å². The maximum Gasteiger partial charge on any atom is 0.157 e. The fraction of sp³-hybridized carbons (Fsp3) is 0.250. The van der Waals surface area contributed by atoms with E-state index in [2.05, 4.69) is 5.32 Å². The van der Waals surface area contributed by atoms with Crippen molar-refractivity contribution in [2.45, 2.75) is 6.92 Å². The van der Waals surface area contributed by atoms with Crippen LogP contribution in [0.2, 0.25) is 5.02 Å². The first kappa shape index (κ1) is 8.21. The molecule has 2 nitrogen and oxygen atoms in total. The molecule has 2 N–H and O–H groups in total. The van der Waals surface area contributed by atoms with Gasteiger partial charge in [0.1, 0.15) is 0 Å². The highest BCUT2D eigenvalue weighted by Crippen LogP contribution is 2.32. The van der Waals surface area contributed by atoms with Gasteiger partial charge in [-0.15, -0.1) is 0 Å². The first-order valence-electron chi connectivity index (χ1n) is 3.32. The number of anilines is 1. The lowest BCUT2D eigenvalue weighted by molar-refractivity contribution is 0.477. The first-order valence-corrected chi connectivity index (χ1v) is 3.70. The normalized spacial score (nSPS) is 9.73. The summed E-state index contributed by atoms with van der Waals surface area (Å²) in [5.74, 6) is 0.111. The molecule has 11 heavy (non-hydrogen) atoms. The van der Waals surface area contributed by atoms with Crippen LogP contribution >= 0.6 is 11.6 Å². The van der Waals surface area contributed by atoms with Crippen LogP contribution in [0, 0.1) is 6.92 Å². The van der Waals surface area contributed by atoms with Crippen LogP contribution in [-0.2, 0) is 0 Å². The molecule has 1 aromatic carbocycles. The Bertz CT molecular complexity index is 273. The second-order valence-electron chi connectivity index (χ2n) is 2.39. The monoisotopic (exact) mass is 171 g/mol. The number of halogens is 1. The van der Waals surface area contributed by atoms with Gasteiger partial charge in [0.25, 0.3) is 0 Å². The average molecular weight is 172 g/mol. The molecule has 0 aliphatic rings. The minimum absolute atomic E-state index is 0.111. The molecule has 0 amide bonds. The van der Waals surface area contributed by atoms with E-state index in [0.717, 1.165) is 5.56 Å². The van der Waals surface area contributed by atoms with Crippen molar-refractivity contribution in [1.82, 2.24) is 0 Å². The van der Waals surface area contributed by atoms with E-state index in [-0.39, 0.29) is 5.75 Å². The molecule has 1 aromatic rings. The summed E-state index contributed by atoms with van der Waals surface area (Å²) in [7, 11) is 1.74. The van der Waals surface area contributed by atoms with E-state index in [1.54, 1.807) is 13.1 Å². The van der Waals surface area contributed by atoms with Gasteiger partial charge in [0.05, 0.1) is 10.7 Å². The van der Waals surface area contributed by atoms with Gasteiger partial charge in [-0.3, -0.25) is 0 Å². The number of phenolic OH excluding ortho intramolecular Hbond substituents is 1. The van der Waals surface area contributed by atoms with Gasteiger partial charge in [-0.2, -0.15) is 0 Å². The van der Waals surface area contributed by atoms with Gasteiger partial charge < -0.3 is 10.4 Å². The van der Waals surface area contributed by atoms with Crippen molar-refractivity contribution in [3.63, 3.8) is 0 Å². The van der Waals surface area contributed by atoms with Gasteiger partial charge >= 0.3 is 0 Å². The fourth-order valence-electron chi connectivity index (χ4n) is 0.925. The highest BCUT2D eigenvalue weighted by molar-refractivity contribution is 6.32. The van der Waals surface area contributed by atoms with E-state index >= 15 is 0 Å². The van der Waals surface area contributed by atoms with Gasteiger partial charge in [0.2, 0.25) is 0 Å². The number of phenols is 1. The maximum absolute atomic E-state index is 9.33. The number of benzene rings is 1. The molecule has 0 saturated heterocycles. The van der Waals surface area contributed by atoms with Gasteiger partial charge in [-0.1, -0.05) is 11.6 Å². The Morgan fingerprint density at radius 3 is 2.64 bits per heavy atom. The van der Waals surface area contributed by atoms with Crippen LogP contribution in [-0.4, -0.2) is 12.2 Å². The van der Waals surface area contributed by atoms with E-state index < -0.39 is 0 Å². The van der Waals surface area contributed by atoms with Crippen LogP contribution in [0.3, 0.4) is 0 Å². The second kappa shape index (κ2) is 3.01. The Balaban J connectivity index is 3.24. The third-order valence-electron chi connectivity index (χ3n) is 1.48. The molecule has 0 bridgehead atoms.